The molecule has 0 fully saturated rings. The summed E-state index contributed by atoms with van der Waals surface area (Å²) in [5.74, 6) is -1.08. The van der Waals surface area contributed by atoms with Crippen LogP contribution < -0.4 is 11.1 Å². The SMILES string of the molecule is CC(C)(C)OC(=O)N[C@@H](C/C=C\C1CCCCc2noc(=O)n21)C(=O)O. The molecule has 1 aromatic heterocycles. The van der Waals surface area contributed by atoms with Crippen LogP contribution in [0.4, 0.5) is 4.79 Å². The summed E-state index contributed by atoms with van der Waals surface area (Å²) >= 11 is 0. The molecule has 0 aliphatic carbocycles. The van der Waals surface area contributed by atoms with Crippen molar-refractivity contribution in [3.05, 3.63) is 28.5 Å². The van der Waals surface area contributed by atoms with Gasteiger partial charge in [0.15, 0.2) is 5.82 Å². The van der Waals surface area contributed by atoms with E-state index >= 15 is 0 Å². The third kappa shape index (κ3) is 5.47. The van der Waals surface area contributed by atoms with E-state index in [4.69, 9.17) is 9.26 Å². The van der Waals surface area contributed by atoms with E-state index in [9.17, 15) is 19.5 Å². The van der Waals surface area contributed by atoms with Crippen molar-refractivity contribution in [2.45, 2.75) is 70.6 Å². The molecule has 1 aromatic rings. The minimum absolute atomic E-state index is 0.0699. The molecule has 0 radical (unpaired) electrons. The maximum absolute atomic E-state index is 11.8. The van der Waals surface area contributed by atoms with Crippen LogP contribution in [0.25, 0.3) is 0 Å². The van der Waals surface area contributed by atoms with Crippen molar-refractivity contribution in [2.24, 2.45) is 0 Å². The number of hydrogen-bond donors (Lipinski definition) is 2. The fraction of sp³-hybridized carbons (Fsp3) is 0.647. The molecular weight excluding hydrogens is 342 g/mol. The average molecular weight is 367 g/mol. The van der Waals surface area contributed by atoms with Gasteiger partial charge in [-0.3, -0.25) is 9.09 Å². The highest BCUT2D eigenvalue weighted by atomic mass is 16.6. The fourth-order valence-electron chi connectivity index (χ4n) is 2.77. The average Bonchev–Trinajstić information content (AvgIpc) is 2.75. The lowest BCUT2D eigenvalue weighted by atomic mass is 10.1. The fourth-order valence-corrected chi connectivity index (χ4v) is 2.77. The number of rotatable bonds is 5. The molecule has 2 N–H and O–H groups in total. The smallest absolute Gasteiger partial charge is 0.442 e. The quantitative estimate of drug-likeness (QED) is 0.763. The molecule has 2 rings (SSSR count). The van der Waals surface area contributed by atoms with Crippen molar-refractivity contribution in [1.82, 2.24) is 15.0 Å². The summed E-state index contributed by atoms with van der Waals surface area (Å²) in [5, 5.41) is 15.4. The number of allylic oxidation sites excluding steroid dienone is 1. The second-order valence-corrected chi connectivity index (χ2v) is 7.25. The number of nitrogens with zero attached hydrogens (tertiary/aromatic N) is 2. The first-order chi connectivity index (χ1) is 12.2. The first-order valence-corrected chi connectivity index (χ1v) is 8.63. The molecule has 26 heavy (non-hydrogen) atoms. The number of nitrogens with one attached hydrogen (secondary N) is 1. The van der Waals surface area contributed by atoms with E-state index in [1.54, 1.807) is 32.9 Å². The highest BCUT2D eigenvalue weighted by Gasteiger charge is 2.24. The zero-order valence-electron chi connectivity index (χ0n) is 15.2. The Hall–Kier alpha value is -2.58. The molecule has 144 valence electrons. The first kappa shape index (κ1) is 19.7. The third-order valence-electron chi connectivity index (χ3n) is 3.90. The van der Waals surface area contributed by atoms with E-state index in [2.05, 4.69) is 10.5 Å². The van der Waals surface area contributed by atoms with Gasteiger partial charge >= 0.3 is 17.8 Å². The maximum atomic E-state index is 11.8. The number of amides is 1. The lowest BCUT2D eigenvalue weighted by molar-refractivity contribution is -0.139. The first-order valence-electron chi connectivity index (χ1n) is 8.63. The van der Waals surface area contributed by atoms with Gasteiger partial charge < -0.3 is 15.2 Å². The van der Waals surface area contributed by atoms with Gasteiger partial charge in [-0.25, -0.2) is 14.4 Å². The third-order valence-corrected chi connectivity index (χ3v) is 3.90. The molecule has 1 aliphatic heterocycles. The number of carbonyl (C=O) groups excluding carboxylic acids is 1. The van der Waals surface area contributed by atoms with Crippen molar-refractivity contribution in [3.63, 3.8) is 0 Å². The topological polar surface area (TPSA) is 124 Å². The molecular formula is C17H25N3O6. The van der Waals surface area contributed by atoms with E-state index in [1.807, 2.05) is 0 Å². The summed E-state index contributed by atoms with van der Waals surface area (Å²) < 4.78 is 11.3. The number of ether oxygens (including phenoxy) is 1. The highest BCUT2D eigenvalue weighted by Crippen LogP contribution is 2.22. The van der Waals surface area contributed by atoms with Crippen LogP contribution in [-0.2, 0) is 16.0 Å². The van der Waals surface area contributed by atoms with Gasteiger partial charge in [0.25, 0.3) is 0 Å². The number of fused-ring (bicyclic) bond motifs is 1. The molecule has 0 bridgehead atoms. The van der Waals surface area contributed by atoms with Crippen molar-refractivity contribution in [3.8, 4) is 0 Å². The standard InChI is InChI=1S/C17H25N3O6/c1-17(2,3)25-15(23)18-12(14(21)22)9-6-8-11-7-4-5-10-13-19-26-16(24)20(11)13/h6,8,11-12H,4-5,7,9-10H2,1-3H3,(H,18,23)(H,21,22)/b8-6-/t11?,12-/m0/s1. The summed E-state index contributed by atoms with van der Waals surface area (Å²) in [6.45, 7) is 5.09. The van der Waals surface area contributed by atoms with E-state index in [0.29, 0.717) is 12.2 Å². The van der Waals surface area contributed by atoms with Gasteiger partial charge in [0.1, 0.15) is 11.6 Å². The van der Waals surface area contributed by atoms with Crippen LogP contribution in [0, 0.1) is 0 Å². The van der Waals surface area contributed by atoms with Crippen LogP contribution in [0.15, 0.2) is 21.5 Å². The van der Waals surface area contributed by atoms with Crippen molar-refractivity contribution < 1.29 is 24.0 Å². The number of carbonyl (C=O) groups is 2. The van der Waals surface area contributed by atoms with Crippen molar-refractivity contribution in [2.75, 3.05) is 0 Å². The predicted molar refractivity (Wildman–Crippen MR) is 91.9 cm³/mol. The number of hydrogen-bond acceptors (Lipinski definition) is 6. The second kappa shape index (κ2) is 8.20. The Morgan fingerprint density at radius 3 is 2.85 bits per heavy atom. The van der Waals surface area contributed by atoms with Crippen LogP contribution in [0.3, 0.4) is 0 Å². The summed E-state index contributed by atoms with van der Waals surface area (Å²) in [5.41, 5.74) is -0.713. The van der Waals surface area contributed by atoms with E-state index < -0.39 is 29.5 Å². The summed E-state index contributed by atoms with van der Waals surface area (Å²) in [7, 11) is 0. The van der Waals surface area contributed by atoms with E-state index in [-0.39, 0.29) is 12.5 Å². The summed E-state index contributed by atoms with van der Waals surface area (Å²) in [6, 6.07) is -1.35. The number of carboxylic acids is 1. The molecule has 0 spiro atoms. The Labute approximate surface area is 151 Å². The number of alkyl carbamates (subject to hydrolysis) is 1. The lowest BCUT2D eigenvalue weighted by Gasteiger charge is -2.21. The van der Waals surface area contributed by atoms with E-state index in [0.717, 1.165) is 19.3 Å². The Morgan fingerprint density at radius 1 is 1.46 bits per heavy atom. The highest BCUT2D eigenvalue weighted by molar-refractivity contribution is 5.80. The normalized spacial score (nSPS) is 18.8. The molecule has 2 heterocycles. The number of aliphatic carboxylic acids is 1. The van der Waals surface area contributed by atoms with Gasteiger partial charge in [-0.05, 0) is 40.0 Å². The molecule has 0 aromatic carbocycles. The Bertz CT molecular complexity index is 728. The molecule has 0 saturated heterocycles. The molecule has 9 heteroatoms. The van der Waals surface area contributed by atoms with Crippen molar-refractivity contribution in [1.29, 1.82) is 0 Å². The number of aromatic nitrogens is 2. The second-order valence-electron chi connectivity index (χ2n) is 7.25. The van der Waals surface area contributed by atoms with Crippen LogP contribution in [-0.4, -0.2) is 38.5 Å². The largest absolute Gasteiger partial charge is 0.480 e. The minimum atomic E-state index is -1.16. The monoisotopic (exact) mass is 367 g/mol. The van der Waals surface area contributed by atoms with Gasteiger partial charge in [0.05, 0.1) is 6.04 Å². The van der Waals surface area contributed by atoms with Crippen molar-refractivity contribution >= 4 is 12.1 Å². The summed E-state index contributed by atoms with van der Waals surface area (Å²) in [6.07, 6.45) is 5.95. The Kier molecular flexibility index (Phi) is 6.23. The Morgan fingerprint density at radius 2 is 2.19 bits per heavy atom. The van der Waals surface area contributed by atoms with Crippen LogP contribution in [0.1, 0.15) is 58.3 Å². The lowest BCUT2D eigenvalue weighted by Crippen LogP contribution is -2.43. The van der Waals surface area contributed by atoms with Crippen LogP contribution in [0.2, 0.25) is 0 Å². The zero-order chi connectivity index (χ0) is 19.3. The summed E-state index contributed by atoms with van der Waals surface area (Å²) in [4.78, 5) is 35.0. The molecule has 2 atom stereocenters. The predicted octanol–water partition coefficient (Wildman–Crippen LogP) is 2.03. The molecule has 9 nitrogen and oxygen atoms in total. The number of aryl methyl sites for hydroxylation is 1. The zero-order valence-corrected chi connectivity index (χ0v) is 15.2. The maximum Gasteiger partial charge on any atom is 0.442 e. The Balaban J connectivity index is 2.02. The van der Waals surface area contributed by atoms with Crippen LogP contribution in [0.5, 0.6) is 0 Å². The van der Waals surface area contributed by atoms with Gasteiger partial charge in [0.2, 0.25) is 0 Å². The molecule has 0 saturated carbocycles. The molecule has 1 unspecified atom stereocenters. The van der Waals surface area contributed by atoms with Gasteiger partial charge in [-0.1, -0.05) is 23.7 Å². The number of carboxylic acid groups (broad SMARTS) is 1. The minimum Gasteiger partial charge on any atom is -0.480 e. The molecule has 1 aliphatic rings. The van der Waals surface area contributed by atoms with Crippen LogP contribution >= 0.6 is 0 Å². The van der Waals surface area contributed by atoms with Gasteiger partial charge in [-0.15, -0.1) is 0 Å². The van der Waals surface area contributed by atoms with E-state index in [1.165, 1.54) is 4.57 Å². The van der Waals surface area contributed by atoms with Gasteiger partial charge in [-0.2, -0.15) is 0 Å². The van der Waals surface area contributed by atoms with Gasteiger partial charge in [0, 0.05) is 6.42 Å². The molecule has 1 amide bonds.